The number of fused-ring (bicyclic) bond motifs is 1. The van der Waals surface area contributed by atoms with Crippen LogP contribution in [0.5, 0.6) is 5.75 Å². The summed E-state index contributed by atoms with van der Waals surface area (Å²) >= 11 is 0. The maximum Gasteiger partial charge on any atom is 0.119 e. The largest absolute Gasteiger partial charge is 0.497 e. The Kier molecular flexibility index (Phi) is 3.25. The number of hydrogen-bond acceptors (Lipinski definition) is 3. The minimum Gasteiger partial charge on any atom is -0.497 e. The maximum absolute atomic E-state index is 5.31. The zero-order valence-electron chi connectivity index (χ0n) is 11.4. The number of nitrogens with one attached hydrogen (secondary N) is 1. The van der Waals surface area contributed by atoms with E-state index >= 15 is 0 Å². The fraction of sp³-hybridized carbons (Fsp3) is 0.400. The third kappa shape index (κ3) is 2.12. The van der Waals surface area contributed by atoms with Gasteiger partial charge in [-0.1, -0.05) is 12.1 Å². The normalized spacial score (nSPS) is 18.1. The lowest BCUT2D eigenvalue weighted by Crippen LogP contribution is -2.31. The van der Waals surface area contributed by atoms with Crippen molar-refractivity contribution < 1.29 is 4.74 Å². The van der Waals surface area contributed by atoms with Gasteiger partial charge >= 0.3 is 0 Å². The molecule has 0 saturated heterocycles. The molecule has 1 aromatic carbocycles. The first-order valence-electron chi connectivity index (χ1n) is 6.74. The van der Waals surface area contributed by atoms with Gasteiger partial charge in [-0.05, 0) is 24.6 Å². The summed E-state index contributed by atoms with van der Waals surface area (Å²) in [7, 11) is 1.70. The van der Waals surface area contributed by atoms with Gasteiger partial charge < -0.3 is 14.6 Å². The van der Waals surface area contributed by atoms with Crippen molar-refractivity contribution in [2.24, 2.45) is 0 Å². The van der Waals surface area contributed by atoms with Crippen LogP contribution >= 0.6 is 0 Å². The highest BCUT2D eigenvalue weighted by Crippen LogP contribution is 2.29. The second kappa shape index (κ2) is 5.05. The van der Waals surface area contributed by atoms with Gasteiger partial charge in [0.15, 0.2) is 0 Å². The number of benzene rings is 1. The Labute approximate surface area is 113 Å². The quantitative estimate of drug-likeness (QED) is 0.915. The van der Waals surface area contributed by atoms with Crippen LogP contribution in [0.25, 0.3) is 0 Å². The van der Waals surface area contributed by atoms with Crippen molar-refractivity contribution in [1.29, 1.82) is 0 Å². The Morgan fingerprint density at radius 1 is 1.47 bits per heavy atom. The van der Waals surface area contributed by atoms with Crippen LogP contribution in [0.1, 0.15) is 29.9 Å². The van der Waals surface area contributed by atoms with Crippen LogP contribution in [0, 0.1) is 0 Å². The predicted molar refractivity (Wildman–Crippen MR) is 74.4 cm³/mol. The minimum absolute atomic E-state index is 0.173. The molecule has 4 heteroatoms. The van der Waals surface area contributed by atoms with Gasteiger partial charge in [-0.2, -0.15) is 0 Å². The highest BCUT2D eigenvalue weighted by atomic mass is 16.5. The average molecular weight is 257 g/mol. The first kappa shape index (κ1) is 12.2. The molecular weight excluding hydrogens is 238 g/mol. The van der Waals surface area contributed by atoms with Crippen LogP contribution in [0.4, 0.5) is 0 Å². The van der Waals surface area contributed by atoms with E-state index in [0.717, 1.165) is 31.0 Å². The first-order valence-corrected chi connectivity index (χ1v) is 6.74. The summed E-state index contributed by atoms with van der Waals surface area (Å²) in [4.78, 5) is 4.60. The molecule has 2 aromatic rings. The molecule has 0 saturated carbocycles. The molecule has 100 valence electrons. The van der Waals surface area contributed by atoms with E-state index < -0.39 is 0 Å². The molecule has 1 unspecified atom stereocenters. The molecule has 1 N–H and O–H groups in total. The summed E-state index contributed by atoms with van der Waals surface area (Å²) in [6.45, 7) is 4.12. The topological polar surface area (TPSA) is 39.1 Å². The van der Waals surface area contributed by atoms with E-state index in [-0.39, 0.29) is 6.04 Å². The number of imidazole rings is 1. The van der Waals surface area contributed by atoms with Gasteiger partial charge in [-0.3, -0.25) is 0 Å². The van der Waals surface area contributed by atoms with Gasteiger partial charge in [0.25, 0.3) is 0 Å². The molecule has 0 fully saturated rings. The molecule has 3 rings (SSSR count). The second-order valence-electron chi connectivity index (χ2n) is 4.78. The van der Waals surface area contributed by atoms with Crippen LogP contribution in [0.3, 0.4) is 0 Å². The molecule has 19 heavy (non-hydrogen) atoms. The number of ether oxygens (including phenoxy) is 1. The van der Waals surface area contributed by atoms with E-state index in [4.69, 9.17) is 4.74 Å². The smallest absolute Gasteiger partial charge is 0.119 e. The molecule has 0 amide bonds. The molecule has 0 aliphatic carbocycles. The Morgan fingerprint density at radius 3 is 3.16 bits per heavy atom. The van der Waals surface area contributed by atoms with Gasteiger partial charge in [-0.25, -0.2) is 4.98 Å². The summed E-state index contributed by atoms with van der Waals surface area (Å²) in [5.41, 5.74) is 3.72. The Hall–Kier alpha value is -1.81. The summed E-state index contributed by atoms with van der Waals surface area (Å²) in [5, 5.41) is 3.55. The van der Waals surface area contributed by atoms with E-state index in [1.807, 2.05) is 18.5 Å². The molecule has 1 aliphatic heterocycles. The number of rotatable bonds is 3. The predicted octanol–water partition coefficient (Wildman–Crippen LogP) is 2.15. The van der Waals surface area contributed by atoms with Crippen molar-refractivity contribution in [2.45, 2.75) is 25.9 Å². The Balaban J connectivity index is 2.01. The van der Waals surface area contributed by atoms with Crippen molar-refractivity contribution >= 4 is 0 Å². The minimum atomic E-state index is 0.173. The fourth-order valence-corrected chi connectivity index (χ4v) is 2.74. The van der Waals surface area contributed by atoms with E-state index in [1.165, 1.54) is 11.3 Å². The Morgan fingerprint density at radius 2 is 2.37 bits per heavy atom. The molecule has 1 atom stereocenters. The highest BCUT2D eigenvalue weighted by molar-refractivity contribution is 5.37. The SMILES string of the molecule is CCn1cnc2c1CCNC2c1cccc(OC)c1. The van der Waals surface area contributed by atoms with Gasteiger partial charge in [0.2, 0.25) is 0 Å². The van der Waals surface area contributed by atoms with Gasteiger partial charge in [0.1, 0.15) is 5.75 Å². The van der Waals surface area contributed by atoms with E-state index in [2.05, 4.69) is 33.9 Å². The van der Waals surface area contributed by atoms with Crippen LogP contribution < -0.4 is 10.1 Å². The van der Waals surface area contributed by atoms with Crippen molar-refractivity contribution in [3.05, 3.63) is 47.5 Å². The van der Waals surface area contributed by atoms with Crippen molar-refractivity contribution in [1.82, 2.24) is 14.9 Å². The number of aryl methyl sites for hydroxylation is 1. The number of hydrogen-bond donors (Lipinski definition) is 1. The summed E-state index contributed by atoms with van der Waals surface area (Å²) in [5.74, 6) is 0.890. The standard InChI is InChI=1S/C15H19N3O/c1-3-18-10-17-15-13(18)7-8-16-14(15)11-5-4-6-12(9-11)19-2/h4-6,9-10,14,16H,3,7-8H2,1-2H3. The molecule has 2 heterocycles. The van der Waals surface area contributed by atoms with Crippen LogP contribution in [-0.2, 0) is 13.0 Å². The zero-order chi connectivity index (χ0) is 13.2. The van der Waals surface area contributed by atoms with Crippen molar-refractivity contribution in [3.63, 3.8) is 0 Å². The average Bonchev–Trinajstić information content (AvgIpc) is 2.90. The molecule has 1 aliphatic rings. The zero-order valence-corrected chi connectivity index (χ0v) is 11.4. The van der Waals surface area contributed by atoms with Crippen LogP contribution in [0.15, 0.2) is 30.6 Å². The second-order valence-corrected chi connectivity index (χ2v) is 4.78. The Bertz CT molecular complexity index is 577. The first-order chi connectivity index (χ1) is 9.33. The molecule has 0 spiro atoms. The molecular formula is C15H19N3O. The maximum atomic E-state index is 5.31. The number of methoxy groups -OCH3 is 1. The van der Waals surface area contributed by atoms with Crippen LogP contribution in [-0.4, -0.2) is 23.2 Å². The van der Waals surface area contributed by atoms with Gasteiger partial charge in [0, 0.05) is 25.2 Å². The van der Waals surface area contributed by atoms with Crippen molar-refractivity contribution in [2.75, 3.05) is 13.7 Å². The summed E-state index contributed by atoms with van der Waals surface area (Å²) in [6.07, 6.45) is 2.99. The summed E-state index contributed by atoms with van der Waals surface area (Å²) < 4.78 is 7.55. The summed E-state index contributed by atoms with van der Waals surface area (Å²) in [6, 6.07) is 8.38. The van der Waals surface area contributed by atoms with Crippen LogP contribution in [0.2, 0.25) is 0 Å². The number of nitrogens with zero attached hydrogens (tertiary/aromatic N) is 2. The van der Waals surface area contributed by atoms with E-state index in [9.17, 15) is 0 Å². The highest BCUT2D eigenvalue weighted by Gasteiger charge is 2.25. The van der Waals surface area contributed by atoms with Gasteiger partial charge in [-0.15, -0.1) is 0 Å². The fourth-order valence-electron chi connectivity index (χ4n) is 2.74. The van der Waals surface area contributed by atoms with E-state index in [0.29, 0.717) is 0 Å². The third-order valence-electron chi connectivity index (χ3n) is 3.73. The van der Waals surface area contributed by atoms with E-state index in [1.54, 1.807) is 7.11 Å². The molecule has 0 radical (unpaired) electrons. The molecule has 4 nitrogen and oxygen atoms in total. The molecule has 1 aromatic heterocycles. The van der Waals surface area contributed by atoms with Crippen molar-refractivity contribution in [3.8, 4) is 5.75 Å². The molecule has 0 bridgehead atoms. The van der Waals surface area contributed by atoms with Gasteiger partial charge in [0.05, 0.1) is 25.2 Å². The lowest BCUT2D eigenvalue weighted by atomic mass is 9.97. The third-order valence-corrected chi connectivity index (χ3v) is 3.73. The lowest BCUT2D eigenvalue weighted by Gasteiger charge is -2.24. The number of aromatic nitrogens is 2. The lowest BCUT2D eigenvalue weighted by molar-refractivity contribution is 0.413. The monoisotopic (exact) mass is 257 g/mol.